The molecule has 5 rings (SSSR count). The molecule has 38 heavy (non-hydrogen) atoms. The van der Waals surface area contributed by atoms with E-state index in [0.717, 1.165) is 53.1 Å². The molecule has 1 aliphatic carbocycles. The molecule has 7 heteroatoms. The lowest BCUT2D eigenvalue weighted by Gasteiger charge is -2.32. The van der Waals surface area contributed by atoms with Gasteiger partial charge in [0.15, 0.2) is 0 Å². The molecule has 2 N–H and O–H groups in total. The number of aromatic amines is 1. The van der Waals surface area contributed by atoms with Crippen LogP contribution in [0.3, 0.4) is 0 Å². The molecule has 2 heterocycles. The predicted octanol–water partition coefficient (Wildman–Crippen LogP) is 6.58. The summed E-state index contributed by atoms with van der Waals surface area (Å²) in [6.45, 7) is 0.281. The van der Waals surface area contributed by atoms with Gasteiger partial charge in [-0.3, -0.25) is 9.59 Å². The van der Waals surface area contributed by atoms with Crippen LogP contribution >= 0.6 is 11.3 Å². The highest BCUT2D eigenvalue weighted by Crippen LogP contribution is 2.31. The van der Waals surface area contributed by atoms with Crippen LogP contribution in [0.5, 0.6) is 5.75 Å². The van der Waals surface area contributed by atoms with Crippen LogP contribution in [-0.2, 0) is 11.3 Å². The van der Waals surface area contributed by atoms with Gasteiger partial charge in [-0.15, -0.1) is 11.3 Å². The largest absolute Gasteiger partial charge is 0.497 e. The van der Waals surface area contributed by atoms with Gasteiger partial charge in [0.1, 0.15) is 17.5 Å². The Morgan fingerprint density at radius 1 is 0.974 bits per heavy atom. The van der Waals surface area contributed by atoms with Crippen LogP contribution in [-0.4, -0.2) is 34.8 Å². The summed E-state index contributed by atoms with van der Waals surface area (Å²) in [6.07, 6.45) is 5.40. The zero-order valence-electron chi connectivity index (χ0n) is 21.6. The molecule has 0 spiro atoms. The van der Waals surface area contributed by atoms with Crippen molar-refractivity contribution < 1.29 is 14.3 Å². The van der Waals surface area contributed by atoms with E-state index in [4.69, 9.17) is 4.74 Å². The first-order chi connectivity index (χ1) is 18.6. The third kappa shape index (κ3) is 6.00. The molecule has 0 aliphatic heterocycles. The Labute approximate surface area is 227 Å². The van der Waals surface area contributed by atoms with Crippen LogP contribution in [0.25, 0.3) is 11.3 Å². The van der Waals surface area contributed by atoms with Crippen LogP contribution < -0.4 is 10.1 Å². The molecule has 4 aromatic rings. The topological polar surface area (TPSA) is 74.4 Å². The van der Waals surface area contributed by atoms with E-state index >= 15 is 0 Å². The van der Waals surface area contributed by atoms with Crippen molar-refractivity contribution >= 4 is 23.2 Å². The van der Waals surface area contributed by atoms with Gasteiger partial charge in [0.2, 0.25) is 5.91 Å². The lowest BCUT2D eigenvalue weighted by molar-refractivity contribution is -0.127. The first kappa shape index (κ1) is 25.8. The Hall–Kier alpha value is -3.84. The van der Waals surface area contributed by atoms with Gasteiger partial charge in [-0.25, -0.2) is 0 Å². The highest BCUT2D eigenvalue weighted by atomic mass is 32.1. The number of nitrogens with one attached hydrogen (secondary N) is 2. The van der Waals surface area contributed by atoms with Gasteiger partial charge < -0.3 is 19.9 Å². The number of benzene rings is 2. The molecule has 2 aromatic heterocycles. The summed E-state index contributed by atoms with van der Waals surface area (Å²) in [5, 5.41) is 5.23. The average molecular weight is 528 g/mol. The maximum atomic E-state index is 14.1. The molecule has 0 bridgehead atoms. The van der Waals surface area contributed by atoms with Gasteiger partial charge in [-0.2, -0.15) is 0 Å². The molecule has 6 nitrogen and oxygen atoms in total. The summed E-state index contributed by atoms with van der Waals surface area (Å²) in [5.41, 5.74) is 3.22. The first-order valence-electron chi connectivity index (χ1n) is 13.1. The third-order valence-electron chi connectivity index (χ3n) is 7.10. The molecular formula is C31H33N3O3S. The van der Waals surface area contributed by atoms with Crippen LogP contribution in [0.4, 0.5) is 0 Å². The Morgan fingerprint density at radius 3 is 2.42 bits per heavy atom. The number of H-pyrrole nitrogens is 1. The fourth-order valence-electron chi connectivity index (χ4n) is 5.07. The molecule has 196 valence electrons. The van der Waals surface area contributed by atoms with Crippen molar-refractivity contribution in [3.63, 3.8) is 0 Å². The van der Waals surface area contributed by atoms with Gasteiger partial charge in [0.05, 0.1) is 7.11 Å². The van der Waals surface area contributed by atoms with E-state index in [2.05, 4.69) is 10.3 Å². The van der Waals surface area contributed by atoms with Gasteiger partial charge >= 0.3 is 0 Å². The predicted molar refractivity (Wildman–Crippen MR) is 151 cm³/mol. The third-order valence-corrected chi connectivity index (χ3v) is 8.02. The number of hydrogen-bond acceptors (Lipinski definition) is 4. The number of carbonyl (C=O) groups is 2. The number of aromatic nitrogens is 1. The molecule has 0 unspecified atom stereocenters. The van der Waals surface area contributed by atoms with Crippen LogP contribution in [0.15, 0.2) is 84.2 Å². The van der Waals surface area contributed by atoms with Crippen molar-refractivity contribution in [3.8, 4) is 17.0 Å². The van der Waals surface area contributed by atoms with E-state index in [-0.39, 0.29) is 24.4 Å². The highest BCUT2D eigenvalue weighted by molar-refractivity contribution is 7.10. The summed E-state index contributed by atoms with van der Waals surface area (Å²) >= 11 is 1.50. The minimum atomic E-state index is -0.741. The summed E-state index contributed by atoms with van der Waals surface area (Å²) < 4.78 is 5.32. The highest BCUT2D eigenvalue weighted by Gasteiger charge is 2.34. The summed E-state index contributed by atoms with van der Waals surface area (Å²) in [7, 11) is 1.63. The normalized spacial score (nSPS) is 14.6. The number of carbonyl (C=O) groups excluding carboxylic acids is 2. The SMILES string of the molecule is COc1ccc(CN(C(=O)c2ccc(-c3ccccc3)[nH]2)[C@@H](C(=O)NC2CCCCC2)c2cccs2)cc1. The molecule has 2 amide bonds. The minimum absolute atomic E-state index is 0.129. The minimum Gasteiger partial charge on any atom is -0.497 e. The quantitative estimate of drug-likeness (QED) is 0.258. The van der Waals surface area contributed by atoms with Crippen molar-refractivity contribution in [1.29, 1.82) is 0 Å². The molecule has 1 saturated carbocycles. The van der Waals surface area contributed by atoms with E-state index in [1.54, 1.807) is 18.1 Å². The number of hydrogen-bond donors (Lipinski definition) is 2. The van der Waals surface area contributed by atoms with Crippen LogP contribution in [0, 0.1) is 0 Å². The molecule has 1 atom stereocenters. The first-order valence-corrected chi connectivity index (χ1v) is 14.0. The Balaban J connectivity index is 1.49. The summed E-state index contributed by atoms with van der Waals surface area (Å²) in [5.74, 6) is 0.393. The second-order valence-electron chi connectivity index (χ2n) is 9.69. The monoisotopic (exact) mass is 527 g/mol. The summed E-state index contributed by atoms with van der Waals surface area (Å²) in [6, 6.07) is 24.5. The molecule has 0 radical (unpaired) electrons. The van der Waals surface area contributed by atoms with Gasteiger partial charge in [-0.1, -0.05) is 67.8 Å². The van der Waals surface area contributed by atoms with Gasteiger partial charge in [-0.05, 0) is 59.7 Å². The van der Waals surface area contributed by atoms with Crippen LogP contribution in [0.1, 0.15) is 59.1 Å². The zero-order valence-corrected chi connectivity index (χ0v) is 22.4. The molecule has 2 aromatic carbocycles. The van der Waals surface area contributed by atoms with Gasteiger partial charge in [0.25, 0.3) is 5.91 Å². The van der Waals surface area contributed by atoms with Gasteiger partial charge in [0, 0.05) is 23.2 Å². The maximum absolute atomic E-state index is 14.1. The van der Waals surface area contributed by atoms with E-state index in [0.29, 0.717) is 5.69 Å². The van der Waals surface area contributed by atoms with Crippen molar-refractivity contribution in [2.75, 3.05) is 7.11 Å². The Kier molecular flexibility index (Phi) is 8.24. The molecular weight excluding hydrogens is 494 g/mol. The zero-order chi connectivity index (χ0) is 26.3. The van der Waals surface area contributed by atoms with Crippen molar-refractivity contribution in [2.24, 2.45) is 0 Å². The lowest BCUT2D eigenvalue weighted by atomic mass is 9.95. The number of methoxy groups -OCH3 is 1. The number of thiophene rings is 1. The molecule has 0 saturated heterocycles. The van der Waals surface area contributed by atoms with E-state index in [9.17, 15) is 9.59 Å². The fraction of sp³-hybridized carbons (Fsp3) is 0.290. The van der Waals surface area contributed by atoms with Crippen LogP contribution in [0.2, 0.25) is 0 Å². The number of rotatable bonds is 9. The number of amides is 2. The smallest absolute Gasteiger partial charge is 0.271 e. The van der Waals surface area contributed by atoms with E-state index < -0.39 is 6.04 Å². The Morgan fingerprint density at radius 2 is 1.74 bits per heavy atom. The number of nitrogens with zero attached hydrogens (tertiary/aromatic N) is 1. The second-order valence-corrected chi connectivity index (χ2v) is 10.7. The van der Waals surface area contributed by atoms with Crippen molar-refractivity contribution in [3.05, 3.63) is 100 Å². The fourth-order valence-corrected chi connectivity index (χ4v) is 5.90. The second kappa shape index (κ2) is 12.1. The molecule has 1 aliphatic rings. The molecule has 1 fully saturated rings. The standard InChI is InChI=1S/C31H33N3O3S/c1-37-25-16-14-22(15-17-25)21-34(31(36)27-19-18-26(33-27)23-9-4-2-5-10-23)29(28-13-8-20-38-28)30(35)32-24-11-6-3-7-12-24/h2,4-5,8-10,13-20,24,29,33H,3,6-7,11-12,21H2,1H3,(H,32,35)/t29-/m1/s1. The van der Waals surface area contributed by atoms with E-state index in [1.165, 1.54) is 17.8 Å². The Bertz CT molecular complexity index is 1330. The maximum Gasteiger partial charge on any atom is 0.271 e. The summed E-state index contributed by atoms with van der Waals surface area (Å²) in [4.78, 5) is 33.8. The van der Waals surface area contributed by atoms with Crippen molar-refractivity contribution in [1.82, 2.24) is 15.2 Å². The average Bonchev–Trinajstić information content (AvgIpc) is 3.67. The number of ether oxygens (including phenoxy) is 1. The van der Waals surface area contributed by atoms with E-state index in [1.807, 2.05) is 78.2 Å². The van der Waals surface area contributed by atoms with Crippen molar-refractivity contribution in [2.45, 2.75) is 50.7 Å². The lowest BCUT2D eigenvalue weighted by Crippen LogP contribution is -2.46.